The van der Waals surface area contributed by atoms with E-state index >= 15 is 8.78 Å². The minimum atomic E-state index is -1.07. The van der Waals surface area contributed by atoms with E-state index in [9.17, 15) is 9.59 Å². The largest absolute Gasteiger partial charge is 0.493 e. The van der Waals surface area contributed by atoms with Crippen molar-refractivity contribution in [1.82, 2.24) is 19.9 Å². The van der Waals surface area contributed by atoms with E-state index in [1.807, 2.05) is 19.0 Å². The second kappa shape index (κ2) is 14.2. The van der Waals surface area contributed by atoms with E-state index in [-0.39, 0.29) is 35.7 Å². The molecule has 0 aliphatic carbocycles. The summed E-state index contributed by atoms with van der Waals surface area (Å²) in [5.41, 5.74) is 1.50. The van der Waals surface area contributed by atoms with Gasteiger partial charge in [-0.2, -0.15) is 4.98 Å². The SMILES string of the molecule is COc1cc(OC)c(F)c(N2Cc3cnc(Nc4cccnc4)nc3N(C(C)c3cccc(NC(=O)/C=C/CN(C)C)c3)C2=O)c1F. The first-order chi connectivity index (χ1) is 22.6. The molecule has 1 atom stereocenters. The summed E-state index contributed by atoms with van der Waals surface area (Å²) in [6.45, 7) is 2.10. The first-order valence-electron chi connectivity index (χ1n) is 14.6. The Labute approximate surface area is 270 Å². The Hall–Kier alpha value is -5.63. The quantitative estimate of drug-likeness (QED) is 0.199. The number of ether oxygens (including phenoxy) is 2. The maximum Gasteiger partial charge on any atom is 0.331 e. The highest BCUT2D eigenvalue weighted by molar-refractivity contribution is 6.06. The van der Waals surface area contributed by atoms with E-state index in [1.54, 1.807) is 61.8 Å². The molecule has 5 rings (SSSR count). The van der Waals surface area contributed by atoms with Crippen molar-refractivity contribution in [1.29, 1.82) is 0 Å². The van der Waals surface area contributed by atoms with Crippen molar-refractivity contribution < 1.29 is 27.8 Å². The molecule has 1 aliphatic rings. The summed E-state index contributed by atoms with van der Waals surface area (Å²) in [7, 11) is 6.25. The fourth-order valence-electron chi connectivity index (χ4n) is 5.02. The summed E-state index contributed by atoms with van der Waals surface area (Å²) in [4.78, 5) is 44.3. The number of amides is 3. The Morgan fingerprint density at radius 2 is 1.79 bits per heavy atom. The second-order valence-electron chi connectivity index (χ2n) is 10.9. The van der Waals surface area contributed by atoms with Gasteiger partial charge in [0.1, 0.15) is 11.5 Å². The number of nitrogens with zero attached hydrogens (tertiary/aromatic N) is 6. The molecular weight excluding hydrogens is 610 g/mol. The maximum atomic E-state index is 15.7. The van der Waals surface area contributed by atoms with Gasteiger partial charge in [-0.1, -0.05) is 18.2 Å². The van der Waals surface area contributed by atoms with Crippen LogP contribution >= 0.6 is 0 Å². The molecule has 4 aromatic rings. The van der Waals surface area contributed by atoms with E-state index in [0.717, 1.165) is 11.0 Å². The van der Waals surface area contributed by atoms with Crippen molar-refractivity contribution in [3.05, 3.63) is 96.0 Å². The van der Waals surface area contributed by atoms with Gasteiger partial charge in [-0.05, 0) is 50.8 Å². The lowest BCUT2D eigenvalue weighted by atomic mass is 10.0. The van der Waals surface area contributed by atoms with Gasteiger partial charge in [0.05, 0.1) is 38.7 Å². The first kappa shape index (κ1) is 32.8. The third-order valence-electron chi connectivity index (χ3n) is 7.34. The van der Waals surface area contributed by atoms with Gasteiger partial charge < -0.3 is 25.0 Å². The Morgan fingerprint density at radius 1 is 1.06 bits per heavy atom. The number of anilines is 5. The highest BCUT2D eigenvalue weighted by Gasteiger charge is 2.40. The third-order valence-corrected chi connectivity index (χ3v) is 7.34. The predicted octanol–water partition coefficient (Wildman–Crippen LogP) is 5.67. The van der Waals surface area contributed by atoms with Crippen molar-refractivity contribution in [2.75, 3.05) is 55.3 Å². The topological polar surface area (TPSA) is 125 Å². The highest BCUT2D eigenvalue weighted by atomic mass is 19.1. The molecule has 3 heterocycles. The summed E-state index contributed by atoms with van der Waals surface area (Å²) in [6, 6.07) is 10.1. The number of rotatable bonds is 11. The molecule has 2 aromatic heterocycles. The van der Waals surface area contributed by atoms with Crippen LogP contribution in [0.2, 0.25) is 0 Å². The van der Waals surface area contributed by atoms with Gasteiger partial charge >= 0.3 is 6.03 Å². The Morgan fingerprint density at radius 3 is 2.45 bits per heavy atom. The first-order valence-corrected chi connectivity index (χ1v) is 14.6. The molecule has 0 saturated heterocycles. The van der Waals surface area contributed by atoms with Crippen molar-refractivity contribution in [3.8, 4) is 11.5 Å². The average molecular weight is 645 g/mol. The number of hydrogen-bond donors (Lipinski definition) is 2. The molecule has 1 aliphatic heterocycles. The number of pyridine rings is 1. The van der Waals surface area contributed by atoms with Gasteiger partial charge in [0.15, 0.2) is 23.1 Å². The maximum absolute atomic E-state index is 15.7. The summed E-state index contributed by atoms with van der Waals surface area (Å²) in [5, 5.41) is 5.90. The molecule has 0 fully saturated rings. The summed E-state index contributed by atoms with van der Waals surface area (Å²) < 4.78 is 41.7. The zero-order chi connectivity index (χ0) is 33.7. The van der Waals surface area contributed by atoms with Gasteiger partial charge in [0.2, 0.25) is 11.9 Å². The molecular formula is C33H34F2N8O4. The fourth-order valence-corrected chi connectivity index (χ4v) is 5.02. The number of halogens is 2. The van der Waals surface area contributed by atoms with Crippen LogP contribution in [0, 0.1) is 11.6 Å². The minimum absolute atomic E-state index is 0.182. The summed E-state index contributed by atoms with van der Waals surface area (Å²) >= 11 is 0. The molecule has 2 N–H and O–H groups in total. The van der Waals surface area contributed by atoms with Gasteiger partial charge in [0.25, 0.3) is 0 Å². The van der Waals surface area contributed by atoms with Gasteiger partial charge in [-0.25, -0.2) is 18.6 Å². The smallest absolute Gasteiger partial charge is 0.331 e. The number of aromatic nitrogens is 3. The van der Waals surface area contributed by atoms with Gasteiger partial charge in [-0.15, -0.1) is 0 Å². The predicted molar refractivity (Wildman–Crippen MR) is 174 cm³/mol. The number of urea groups is 1. The lowest BCUT2D eigenvalue weighted by Crippen LogP contribution is -2.49. The number of methoxy groups -OCH3 is 2. The molecule has 244 valence electrons. The van der Waals surface area contributed by atoms with Crippen molar-refractivity contribution in [3.63, 3.8) is 0 Å². The van der Waals surface area contributed by atoms with Crippen LogP contribution in [0.3, 0.4) is 0 Å². The van der Waals surface area contributed by atoms with Crippen molar-refractivity contribution >= 4 is 40.8 Å². The monoisotopic (exact) mass is 644 g/mol. The lowest BCUT2D eigenvalue weighted by molar-refractivity contribution is -0.111. The third kappa shape index (κ3) is 7.12. The Balaban J connectivity index is 1.57. The van der Waals surface area contributed by atoms with Crippen LogP contribution in [0.15, 0.2) is 73.2 Å². The standard InChI is InChI=1S/C33H34F2N8O4/c1-20(21-9-6-10-23(15-21)38-27(44)12-8-14-41(2)3)43-31-22(17-37-32(40-31)39-24-11-7-13-36-18-24)19-42(33(43)45)30-28(34)25(46-4)16-26(47-5)29(30)35/h6-13,15-18,20H,14,19H2,1-5H3,(H,38,44)(H,37,39,40)/b12-8+. The molecule has 0 saturated carbocycles. The van der Waals surface area contributed by atoms with E-state index < -0.39 is 29.4 Å². The van der Waals surface area contributed by atoms with Crippen LogP contribution in [0.1, 0.15) is 24.1 Å². The van der Waals surface area contributed by atoms with E-state index in [4.69, 9.17) is 9.47 Å². The molecule has 2 aromatic carbocycles. The van der Waals surface area contributed by atoms with E-state index in [2.05, 4.69) is 25.6 Å². The van der Waals surface area contributed by atoms with Gasteiger partial charge in [-0.3, -0.25) is 19.6 Å². The molecule has 47 heavy (non-hydrogen) atoms. The van der Waals surface area contributed by atoms with E-state index in [0.29, 0.717) is 29.0 Å². The van der Waals surface area contributed by atoms with E-state index in [1.165, 1.54) is 31.4 Å². The zero-order valence-electron chi connectivity index (χ0n) is 26.5. The molecule has 1 unspecified atom stereocenters. The number of fused-ring (bicyclic) bond motifs is 1. The van der Waals surface area contributed by atoms with Crippen LogP contribution in [0.25, 0.3) is 0 Å². The lowest BCUT2D eigenvalue weighted by Gasteiger charge is -2.39. The van der Waals surface area contributed by atoms with Crippen LogP contribution in [0.4, 0.5) is 42.4 Å². The van der Waals surface area contributed by atoms with Crippen LogP contribution in [-0.4, -0.2) is 66.6 Å². The average Bonchev–Trinajstić information content (AvgIpc) is 3.05. The number of likely N-dealkylation sites (N-methyl/N-ethyl adjacent to an activating group) is 1. The number of benzene rings is 2. The number of carbonyl (C=O) groups is 2. The second-order valence-corrected chi connectivity index (χ2v) is 10.9. The highest BCUT2D eigenvalue weighted by Crippen LogP contribution is 2.42. The number of nitrogens with one attached hydrogen (secondary N) is 2. The van der Waals surface area contributed by atoms with Gasteiger partial charge in [0, 0.05) is 42.3 Å². The normalized spacial score (nSPS) is 13.5. The van der Waals surface area contributed by atoms with Crippen LogP contribution < -0.4 is 29.9 Å². The molecule has 3 amide bonds. The Bertz CT molecular complexity index is 1780. The minimum Gasteiger partial charge on any atom is -0.493 e. The fraction of sp³-hybridized carbons (Fsp3) is 0.242. The zero-order valence-corrected chi connectivity index (χ0v) is 26.5. The van der Waals surface area contributed by atoms with Crippen molar-refractivity contribution in [2.45, 2.75) is 19.5 Å². The Kier molecular flexibility index (Phi) is 9.90. The molecule has 14 heteroatoms. The number of carbonyl (C=O) groups excluding carboxylic acids is 2. The summed E-state index contributed by atoms with van der Waals surface area (Å²) in [5.74, 6) is -2.65. The summed E-state index contributed by atoms with van der Waals surface area (Å²) in [6.07, 6.45) is 7.88. The molecule has 0 radical (unpaired) electrons. The van der Waals surface area contributed by atoms with Crippen LogP contribution in [-0.2, 0) is 11.3 Å². The number of hydrogen-bond acceptors (Lipinski definition) is 9. The van der Waals surface area contributed by atoms with Crippen molar-refractivity contribution in [2.24, 2.45) is 0 Å². The van der Waals surface area contributed by atoms with Crippen LogP contribution in [0.5, 0.6) is 11.5 Å². The molecule has 0 spiro atoms. The molecule has 0 bridgehead atoms. The molecule has 12 nitrogen and oxygen atoms in total.